The zero-order valence-electron chi connectivity index (χ0n) is 11.4. The van der Waals surface area contributed by atoms with Crippen LogP contribution in [0.25, 0.3) is 6.08 Å². The van der Waals surface area contributed by atoms with Crippen LogP contribution < -0.4 is 0 Å². The fourth-order valence-corrected chi connectivity index (χ4v) is 1.64. The second-order valence-corrected chi connectivity index (χ2v) is 4.79. The van der Waals surface area contributed by atoms with Crippen LogP contribution in [-0.4, -0.2) is 35.0 Å². The Morgan fingerprint density at radius 3 is 2.58 bits per heavy atom. The third-order valence-corrected chi connectivity index (χ3v) is 2.37. The lowest BCUT2D eigenvalue weighted by Crippen LogP contribution is -2.37. The van der Waals surface area contributed by atoms with Gasteiger partial charge in [-0.15, -0.1) is 0 Å². The number of amides is 1. The van der Waals surface area contributed by atoms with E-state index in [1.54, 1.807) is 18.2 Å². The van der Waals surface area contributed by atoms with Crippen molar-refractivity contribution in [1.29, 1.82) is 0 Å². The van der Waals surface area contributed by atoms with E-state index in [-0.39, 0.29) is 18.4 Å². The molecule has 0 radical (unpaired) electrons. The number of nitrogens with zero attached hydrogens (tertiary/aromatic N) is 1. The number of carbonyl (C=O) groups is 2. The SMILES string of the molecule is Cc1ccc(C=CC(=O)N(CC(=O)O)CC(C)C)o1. The van der Waals surface area contributed by atoms with E-state index in [0.717, 1.165) is 5.76 Å². The summed E-state index contributed by atoms with van der Waals surface area (Å²) >= 11 is 0. The molecular formula is C14H19NO4. The van der Waals surface area contributed by atoms with Crippen molar-refractivity contribution in [2.45, 2.75) is 20.8 Å². The van der Waals surface area contributed by atoms with Crippen molar-refractivity contribution in [3.63, 3.8) is 0 Å². The van der Waals surface area contributed by atoms with Crippen LogP contribution >= 0.6 is 0 Å². The Morgan fingerprint density at radius 1 is 1.42 bits per heavy atom. The van der Waals surface area contributed by atoms with Gasteiger partial charge in [0.15, 0.2) is 0 Å². The Morgan fingerprint density at radius 2 is 2.11 bits per heavy atom. The van der Waals surface area contributed by atoms with E-state index < -0.39 is 5.97 Å². The standard InChI is InChI=1S/C14H19NO4/c1-10(2)8-15(9-14(17)18)13(16)7-6-12-5-4-11(3)19-12/h4-7,10H,8-9H2,1-3H3,(H,17,18). The summed E-state index contributed by atoms with van der Waals surface area (Å²) in [5, 5.41) is 8.80. The Bertz CT molecular complexity index is 474. The molecule has 0 aliphatic carbocycles. The summed E-state index contributed by atoms with van der Waals surface area (Å²) in [5.74, 6) is 0.200. The molecule has 5 heteroatoms. The molecule has 0 unspecified atom stereocenters. The maximum atomic E-state index is 11.9. The third kappa shape index (κ3) is 5.42. The normalized spacial score (nSPS) is 11.2. The second kappa shape index (κ2) is 6.78. The lowest BCUT2D eigenvalue weighted by atomic mass is 10.2. The minimum atomic E-state index is -1.02. The molecule has 0 saturated heterocycles. The van der Waals surface area contributed by atoms with Crippen LogP contribution in [0.2, 0.25) is 0 Å². The van der Waals surface area contributed by atoms with Gasteiger partial charge in [0.1, 0.15) is 18.1 Å². The topological polar surface area (TPSA) is 70.8 Å². The number of rotatable bonds is 6. The molecule has 104 valence electrons. The summed E-state index contributed by atoms with van der Waals surface area (Å²) < 4.78 is 5.30. The molecule has 1 aromatic rings. The van der Waals surface area contributed by atoms with Gasteiger partial charge in [0.2, 0.25) is 5.91 Å². The van der Waals surface area contributed by atoms with E-state index in [1.807, 2.05) is 20.8 Å². The van der Waals surface area contributed by atoms with Crippen LogP contribution in [0.15, 0.2) is 22.6 Å². The van der Waals surface area contributed by atoms with Gasteiger partial charge < -0.3 is 14.4 Å². The van der Waals surface area contributed by atoms with Gasteiger partial charge in [-0.2, -0.15) is 0 Å². The van der Waals surface area contributed by atoms with Crippen molar-refractivity contribution in [3.05, 3.63) is 29.7 Å². The number of carboxylic acid groups (broad SMARTS) is 1. The fraction of sp³-hybridized carbons (Fsp3) is 0.429. The monoisotopic (exact) mass is 265 g/mol. The fourth-order valence-electron chi connectivity index (χ4n) is 1.64. The van der Waals surface area contributed by atoms with E-state index in [0.29, 0.717) is 12.3 Å². The number of carbonyl (C=O) groups excluding carboxylic acids is 1. The molecule has 1 rings (SSSR count). The van der Waals surface area contributed by atoms with Crippen molar-refractivity contribution < 1.29 is 19.1 Å². The molecule has 0 aliphatic heterocycles. The molecule has 1 aromatic heterocycles. The molecule has 0 atom stereocenters. The largest absolute Gasteiger partial charge is 0.480 e. The lowest BCUT2D eigenvalue weighted by molar-refractivity contribution is -0.143. The molecule has 0 aliphatic rings. The summed E-state index contributed by atoms with van der Waals surface area (Å²) in [6.45, 7) is 5.79. The Balaban J connectivity index is 2.70. The molecule has 0 fully saturated rings. The van der Waals surface area contributed by atoms with E-state index in [9.17, 15) is 9.59 Å². The van der Waals surface area contributed by atoms with Gasteiger partial charge in [-0.25, -0.2) is 0 Å². The number of aliphatic carboxylic acids is 1. The van der Waals surface area contributed by atoms with E-state index in [1.165, 1.54) is 11.0 Å². The van der Waals surface area contributed by atoms with Crippen molar-refractivity contribution in [2.75, 3.05) is 13.1 Å². The van der Waals surface area contributed by atoms with Crippen LogP contribution in [0.3, 0.4) is 0 Å². The summed E-state index contributed by atoms with van der Waals surface area (Å²) in [5.41, 5.74) is 0. The van der Waals surface area contributed by atoms with Gasteiger partial charge in [-0.1, -0.05) is 13.8 Å². The molecule has 0 saturated carbocycles. The average molecular weight is 265 g/mol. The van der Waals surface area contributed by atoms with Crippen LogP contribution in [0.5, 0.6) is 0 Å². The highest BCUT2D eigenvalue weighted by atomic mass is 16.4. The van der Waals surface area contributed by atoms with Crippen LogP contribution in [0.1, 0.15) is 25.4 Å². The first-order chi connectivity index (χ1) is 8.88. The smallest absolute Gasteiger partial charge is 0.323 e. The summed E-state index contributed by atoms with van der Waals surface area (Å²) in [4.78, 5) is 24.0. The van der Waals surface area contributed by atoms with Crippen LogP contribution in [0.4, 0.5) is 0 Å². The van der Waals surface area contributed by atoms with Crippen molar-refractivity contribution >= 4 is 18.0 Å². The quantitative estimate of drug-likeness (QED) is 0.800. The highest BCUT2D eigenvalue weighted by Gasteiger charge is 2.15. The predicted molar refractivity (Wildman–Crippen MR) is 71.5 cm³/mol. The molecule has 19 heavy (non-hydrogen) atoms. The number of furan rings is 1. The van der Waals surface area contributed by atoms with Crippen molar-refractivity contribution in [2.24, 2.45) is 5.92 Å². The first-order valence-corrected chi connectivity index (χ1v) is 6.13. The van der Waals surface area contributed by atoms with Crippen molar-refractivity contribution in [3.8, 4) is 0 Å². The maximum Gasteiger partial charge on any atom is 0.323 e. The minimum Gasteiger partial charge on any atom is -0.480 e. The maximum absolute atomic E-state index is 11.9. The molecule has 1 heterocycles. The zero-order chi connectivity index (χ0) is 14.4. The van der Waals surface area contributed by atoms with Gasteiger partial charge in [0.05, 0.1) is 0 Å². The van der Waals surface area contributed by atoms with Crippen LogP contribution in [0, 0.1) is 12.8 Å². The Hall–Kier alpha value is -2.04. The summed E-state index contributed by atoms with van der Waals surface area (Å²) in [7, 11) is 0. The molecule has 5 nitrogen and oxygen atoms in total. The Labute approximate surface area is 112 Å². The molecule has 1 amide bonds. The number of carboxylic acids is 1. The van der Waals surface area contributed by atoms with E-state index in [2.05, 4.69) is 0 Å². The average Bonchev–Trinajstić information content (AvgIpc) is 2.70. The van der Waals surface area contributed by atoms with E-state index in [4.69, 9.17) is 9.52 Å². The van der Waals surface area contributed by atoms with Crippen molar-refractivity contribution in [1.82, 2.24) is 4.90 Å². The molecule has 1 N–H and O–H groups in total. The van der Waals surface area contributed by atoms with Gasteiger partial charge >= 0.3 is 5.97 Å². The summed E-state index contributed by atoms with van der Waals surface area (Å²) in [6, 6.07) is 3.55. The van der Waals surface area contributed by atoms with E-state index >= 15 is 0 Å². The number of hydrogen-bond donors (Lipinski definition) is 1. The molecule has 0 spiro atoms. The molecular weight excluding hydrogens is 246 g/mol. The van der Waals surface area contributed by atoms with Gasteiger partial charge in [0.25, 0.3) is 0 Å². The zero-order valence-corrected chi connectivity index (χ0v) is 11.4. The number of hydrogen-bond acceptors (Lipinski definition) is 3. The highest BCUT2D eigenvalue weighted by Crippen LogP contribution is 2.08. The molecule has 0 bridgehead atoms. The number of aryl methyl sites for hydroxylation is 1. The van der Waals surface area contributed by atoms with Gasteiger partial charge in [-0.3, -0.25) is 9.59 Å². The predicted octanol–water partition coefficient (Wildman–Crippen LogP) is 2.17. The second-order valence-electron chi connectivity index (χ2n) is 4.79. The first kappa shape index (κ1) is 15.0. The third-order valence-electron chi connectivity index (χ3n) is 2.37. The lowest BCUT2D eigenvalue weighted by Gasteiger charge is -2.20. The first-order valence-electron chi connectivity index (χ1n) is 6.13. The Kier molecular flexibility index (Phi) is 5.36. The van der Waals surface area contributed by atoms with Crippen LogP contribution in [-0.2, 0) is 9.59 Å². The minimum absolute atomic E-state index is 0.211. The summed E-state index contributed by atoms with van der Waals surface area (Å²) in [6.07, 6.45) is 2.88. The highest BCUT2D eigenvalue weighted by molar-refractivity contribution is 5.93. The van der Waals surface area contributed by atoms with Gasteiger partial charge in [-0.05, 0) is 31.1 Å². The molecule has 0 aromatic carbocycles. The van der Waals surface area contributed by atoms with Gasteiger partial charge in [0, 0.05) is 12.6 Å².